The number of nitrogens with one attached hydrogen (secondary N) is 1. The zero-order valence-corrected chi connectivity index (χ0v) is 12.5. The molecule has 0 aliphatic carbocycles. The minimum absolute atomic E-state index is 0.259. The van der Waals surface area contributed by atoms with E-state index in [0.717, 1.165) is 23.0 Å². The first kappa shape index (κ1) is 13.9. The van der Waals surface area contributed by atoms with Crippen LogP contribution in [-0.4, -0.2) is 28.1 Å². The summed E-state index contributed by atoms with van der Waals surface area (Å²) in [4.78, 5) is 17.0. The van der Waals surface area contributed by atoms with Gasteiger partial charge in [-0.25, -0.2) is 9.18 Å². The van der Waals surface area contributed by atoms with Crippen LogP contribution >= 0.6 is 0 Å². The number of ether oxygens (including phenoxy) is 1. The zero-order chi connectivity index (χ0) is 15.2. The summed E-state index contributed by atoms with van der Waals surface area (Å²) in [5.41, 5.74) is 2.42. The van der Waals surface area contributed by atoms with Crippen LogP contribution in [0.4, 0.5) is 9.18 Å². The summed E-state index contributed by atoms with van der Waals surface area (Å²) in [6, 6.07) is 4.76. The first-order valence-electron chi connectivity index (χ1n) is 7.10. The maximum Gasteiger partial charge on any atom is 0.410 e. The Labute approximate surface area is 122 Å². The fourth-order valence-electron chi connectivity index (χ4n) is 2.70. The van der Waals surface area contributed by atoms with E-state index in [2.05, 4.69) is 4.98 Å². The van der Waals surface area contributed by atoms with Gasteiger partial charge in [0.15, 0.2) is 0 Å². The van der Waals surface area contributed by atoms with Crippen molar-refractivity contribution in [3.8, 4) is 0 Å². The van der Waals surface area contributed by atoms with Gasteiger partial charge >= 0.3 is 6.09 Å². The summed E-state index contributed by atoms with van der Waals surface area (Å²) < 4.78 is 18.7. The zero-order valence-electron chi connectivity index (χ0n) is 12.5. The standard InChI is InChI=1S/C16H19FN2O2/c1-16(2,3)21-15(20)19-7-6-12-11-5-4-10(17)8-13(11)18-14(12)9-19/h4-5,8,18H,6-7,9H2,1-3H3. The number of nitrogens with zero attached hydrogens (tertiary/aromatic N) is 1. The number of aromatic amines is 1. The number of H-pyrrole nitrogens is 1. The Morgan fingerprint density at radius 2 is 2.14 bits per heavy atom. The third-order valence-corrected chi connectivity index (χ3v) is 3.59. The van der Waals surface area contributed by atoms with Gasteiger partial charge in [0.05, 0.1) is 6.54 Å². The quantitative estimate of drug-likeness (QED) is 0.805. The number of rotatable bonds is 0. The number of benzene rings is 1. The monoisotopic (exact) mass is 290 g/mol. The van der Waals surface area contributed by atoms with Gasteiger partial charge in [-0.2, -0.15) is 0 Å². The molecule has 1 aromatic heterocycles. The molecule has 0 atom stereocenters. The van der Waals surface area contributed by atoms with E-state index in [1.165, 1.54) is 17.7 Å². The molecule has 21 heavy (non-hydrogen) atoms. The Morgan fingerprint density at radius 3 is 2.86 bits per heavy atom. The molecular weight excluding hydrogens is 271 g/mol. The van der Waals surface area contributed by atoms with Gasteiger partial charge in [0.2, 0.25) is 0 Å². The van der Waals surface area contributed by atoms with Gasteiger partial charge in [-0.15, -0.1) is 0 Å². The number of hydrogen-bond donors (Lipinski definition) is 1. The van der Waals surface area contributed by atoms with Crippen LogP contribution < -0.4 is 0 Å². The molecule has 2 heterocycles. The highest BCUT2D eigenvalue weighted by molar-refractivity contribution is 5.85. The molecule has 4 nitrogen and oxygen atoms in total. The number of carbonyl (C=O) groups excluding carboxylic acids is 1. The molecule has 112 valence electrons. The molecule has 1 amide bonds. The summed E-state index contributed by atoms with van der Waals surface area (Å²) in [6.07, 6.45) is 0.443. The lowest BCUT2D eigenvalue weighted by atomic mass is 10.0. The molecule has 1 aliphatic rings. The highest BCUT2D eigenvalue weighted by atomic mass is 19.1. The summed E-state index contributed by atoms with van der Waals surface area (Å²) in [5, 5.41) is 1.04. The minimum atomic E-state index is -0.499. The molecule has 0 saturated heterocycles. The summed E-state index contributed by atoms with van der Waals surface area (Å²) in [5.74, 6) is -0.259. The Bertz CT molecular complexity index is 700. The first-order chi connectivity index (χ1) is 9.83. The lowest BCUT2D eigenvalue weighted by Crippen LogP contribution is -2.39. The molecule has 1 aromatic carbocycles. The molecule has 0 bridgehead atoms. The largest absolute Gasteiger partial charge is 0.444 e. The van der Waals surface area contributed by atoms with Crippen LogP contribution in [0.15, 0.2) is 18.2 Å². The van der Waals surface area contributed by atoms with Crippen molar-refractivity contribution in [1.82, 2.24) is 9.88 Å². The molecule has 0 spiro atoms. The van der Waals surface area contributed by atoms with Crippen molar-refractivity contribution >= 4 is 17.0 Å². The van der Waals surface area contributed by atoms with Crippen LogP contribution in [0.3, 0.4) is 0 Å². The number of carbonyl (C=O) groups is 1. The molecule has 1 N–H and O–H groups in total. The van der Waals surface area contributed by atoms with Crippen molar-refractivity contribution in [3.05, 3.63) is 35.3 Å². The van der Waals surface area contributed by atoms with Gasteiger partial charge in [-0.1, -0.05) is 0 Å². The molecule has 0 saturated carbocycles. The molecule has 2 aromatic rings. The second kappa shape index (κ2) is 4.76. The van der Waals surface area contributed by atoms with E-state index in [0.29, 0.717) is 13.1 Å². The Hall–Kier alpha value is -2.04. The highest BCUT2D eigenvalue weighted by Crippen LogP contribution is 2.28. The van der Waals surface area contributed by atoms with E-state index < -0.39 is 5.60 Å². The molecule has 0 radical (unpaired) electrons. The van der Waals surface area contributed by atoms with Crippen molar-refractivity contribution < 1.29 is 13.9 Å². The maximum atomic E-state index is 13.3. The van der Waals surface area contributed by atoms with Crippen LogP contribution in [-0.2, 0) is 17.7 Å². The van der Waals surface area contributed by atoms with Gasteiger partial charge < -0.3 is 14.6 Å². The van der Waals surface area contributed by atoms with Gasteiger partial charge in [0.1, 0.15) is 11.4 Å². The SMILES string of the molecule is CC(C)(C)OC(=O)N1CCc2c([nH]c3cc(F)ccc23)C1. The van der Waals surface area contributed by atoms with Crippen molar-refractivity contribution in [2.24, 2.45) is 0 Å². The van der Waals surface area contributed by atoms with Crippen molar-refractivity contribution in [3.63, 3.8) is 0 Å². The smallest absolute Gasteiger partial charge is 0.410 e. The molecular formula is C16H19FN2O2. The van der Waals surface area contributed by atoms with E-state index in [9.17, 15) is 9.18 Å². The normalized spacial score (nSPS) is 15.1. The lowest BCUT2D eigenvalue weighted by Gasteiger charge is -2.30. The summed E-state index contributed by atoms with van der Waals surface area (Å²) in [7, 11) is 0. The Balaban J connectivity index is 1.86. The average molecular weight is 290 g/mol. The summed E-state index contributed by atoms with van der Waals surface area (Å²) >= 11 is 0. The number of aromatic nitrogens is 1. The number of hydrogen-bond acceptors (Lipinski definition) is 2. The average Bonchev–Trinajstić information content (AvgIpc) is 2.72. The Kier molecular flexibility index (Phi) is 3.15. The van der Waals surface area contributed by atoms with E-state index in [4.69, 9.17) is 4.74 Å². The van der Waals surface area contributed by atoms with Gasteiger partial charge in [-0.05, 0) is 51.0 Å². The van der Waals surface area contributed by atoms with E-state index in [-0.39, 0.29) is 11.9 Å². The highest BCUT2D eigenvalue weighted by Gasteiger charge is 2.27. The van der Waals surface area contributed by atoms with Crippen LogP contribution in [0.2, 0.25) is 0 Å². The third-order valence-electron chi connectivity index (χ3n) is 3.59. The predicted octanol–water partition coefficient (Wildman–Crippen LogP) is 3.60. The minimum Gasteiger partial charge on any atom is -0.444 e. The number of amides is 1. The van der Waals surface area contributed by atoms with Crippen LogP contribution in [0.1, 0.15) is 32.0 Å². The molecule has 1 aliphatic heterocycles. The third kappa shape index (κ3) is 2.73. The van der Waals surface area contributed by atoms with E-state index >= 15 is 0 Å². The van der Waals surface area contributed by atoms with Gasteiger partial charge in [0.25, 0.3) is 0 Å². The van der Waals surface area contributed by atoms with E-state index in [1.54, 1.807) is 11.0 Å². The number of fused-ring (bicyclic) bond motifs is 3. The van der Waals surface area contributed by atoms with Crippen LogP contribution in [0.5, 0.6) is 0 Å². The van der Waals surface area contributed by atoms with E-state index in [1.807, 2.05) is 20.8 Å². The summed E-state index contributed by atoms with van der Waals surface area (Å²) in [6.45, 7) is 6.65. The number of halogens is 1. The fourth-order valence-corrected chi connectivity index (χ4v) is 2.70. The van der Waals surface area contributed by atoms with Gasteiger partial charge in [-0.3, -0.25) is 0 Å². The maximum absolute atomic E-state index is 13.3. The topological polar surface area (TPSA) is 45.3 Å². The Morgan fingerprint density at radius 1 is 1.38 bits per heavy atom. The van der Waals surface area contributed by atoms with Crippen molar-refractivity contribution in [2.75, 3.05) is 6.54 Å². The molecule has 0 unspecified atom stereocenters. The van der Waals surface area contributed by atoms with Crippen LogP contribution in [0.25, 0.3) is 10.9 Å². The molecule has 3 rings (SSSR count). The van der Waals surface area contributed by atoms with Crippen molar-refractivity contribution in [1.29, 1.82) is 0 Å². The van der Waals surface area contributed by atoms with Crippen LogP contribution in [0, 0.1) is 5.82 Å². The molecule has 5 heteroatoms. The lowest BCUT2D eigenvalue weighted by molar-refractivity contribution is 0.0222. The second-order valence-electron chi connectivity index (χ2n) is 6.42. The second-order valence-corrected chi connectivity index (χ2v) is 6.42. The first-order valence-corrected chi connectivity index (χ1v) is 7.10. The fraction of sp³-hybridized carbons (Fsp3) is 0.438. The molecule has 0 fully saturated rings. The predicted molar refractivity (Wildman–Crippen MR) is 78.6 cm³/mol. The van der Waals surface area contributed by atoms with Gasteiger partial charge in [0, 0.05) is 23.1 Å². The van der Waals surface area contributed by atoms with Crippen molar-refractivity contribution in [2.45, 2.75) is 39.3 Å².